The number of carbonyl (C=O) groups excluding carboxylic acids is 1. The molecule has 18 heavy (non-hydrogen) atoms. The molecule has 1 aliphatic carbocycles. The van der Waals surface area contributed by atoms with Gasteiger partial charge in [0.25, 0.3) is 5.82 Å². The number of nitrogens with one attached hydrogen (secondary N) is 2. The van der Waals surface area contributed by atoms with Crippen molar-refractivity contribution in [2.75, 3.05) is 5.32 Å². The topological polar surface area (TPSA) is 43.2 Å². The predicted molar refractivity (Wildman–Crippen MR) is 72.2 cm³/mol. The Bertz CT molecular complexity index is 397. The first-order valence-electron chi connectivity index (χ1n) is 7.02. The molecule has 0 aliphatic heterocycles. The standard InChI is InChI=1S/C15H22N2O/c1-12-9-10-16-14(11-12)17-15(18)8-7-13-5-3-2-4-6-13/h9-11,13H,2-8H2,1H3,(H,16,17,18)/p+1. The highest BCUT2D eigenvalue weighted by Crippen LogP contribution is 2.27. The summed E-state index contributed by atoms with van der Waals surface area (Å²) in [5, 5.41) is 2.93. The highest BCUT2D eigenvalue weighted by molar-refractivity contribution is 5.89. The van der Waals surface area contributed by atoms with Gasteiger partial charge in [-0.1, -0.05) is 32.1 Å². The van der Waals surface area contributed by atoms with Crippen LogP contribution >= 0.6 is 0 Å². The molecule has 3 nitrogen and oxygen atoms in total. The monoisotopic (exact) mass is 247 g/mol. The second kappa shape index (κ2) is 6.53. The number of rotatable bonds is 4. The van der Waals surface area contributed by atoms with Crippen LogP contribution in [0.5, 0.6) is 0 Å². The average molecular weight is 247 g/mol. The van der Waals surface area contributed by atoms with Crippen molar-refractivity contribution in [3.8, 4) is 0 Å². The summed E-state index contributed by atoms with van der Waals surface area (Å²) in [5.41, 5.74) is 1.15. The second-order valence-corrected chi connectivity index (χ2v) is 5.37. The summed E-state index contributed by atoms with van der Waals surface area (Å²) in [6.45, 7) is 2.02. The number of H-pyrrole nitrogens is 1. The van der Waals surface area contributed by atoms with Crippen molar-refractivity contribution in [2.24, 2.45) is 5.92 Å². The van der Waals surface area contributed by atoms with Crippen molar-refractivity contribution in [1.29, 1.82) is 0 Å². The molecular formula is C15H23N2O+. The summed E-state index contributed by atoms with van der Waals surface area (Å²) < 4.78 is 0. The summed E-state index contributed by atoms with van der Waals surface area (Å²) in [5.74, 6) is 1.69. The molecule has 1 aliphatic rings. The van der Waals surface area contributed by atoms with Crippen molar-refractivity contribution in [1.82, 2.24) is 0 Å². The molecule has 1 aromatic rings. The SMILES string of the molecule is Cc1cc[nH+]c(NC(=O)CCC2CCCCC2)c1. The van der Waals surface area contributed by atoms with Crippen LogP contribution in [0.4, 0.5) is 5.82 Å². The van der Waals surface area contributed by atoms with Gasteiger partial charge in [0, 0.05) is 12.5 Å². The molecule has 1 heterocycles. The Balaban J connectivity index is 1.74. The van der Waals surface area contributed by atoms with Gasteiger partial charge in [-0.15, -0.1) is 0 Å². The lowest BCUT2D eigenvalue weighted by molar-refractivity contribution is -0.360. The van der Waals surface area contributed by atoms with Gasteiger partial charge in [-0.2, -0.15) is 0 Å². The minimum Gasteiger partial charge on any atom is -0.247 e. The number of hydrogen-bond donors (Lipinski definition) is 1. The summed E-state index contributed by atoms with van der Waals surface area (Å²) in [6, 6.07) is 3.94. The smallest absolute Gasteiger partial charge is 0.247 e. The van der Waals surface area contributed by atoms with Gasteiger partial charge in [-0.25, -0.2) is 15.1 Å². The minimum absolute atomic E-state index is 0.127. The maximum atomic E-state index is 11.8. The van der Waals surface area contributed by atoms with Crippen LogP contribution in [0.3, 0.4) is 0 Å². The van der Waals surface area contributed by atoms with Gasteiger partial charge in [-0.3, -0.25) is 0 Å². The zero-order valence-corrected chi connectivity index (χ0v) is 11.2. The third-order valence-corrected chi connectivity index (χ3v) is 3.74. The van der Waals surface area contributed by atoms with E-state index >= 15 is 0 Å². The fourth-order valence-electron chi connectivity index (χ4n) is 2.68. The van der Waals surface area contributed by atoms with Crippen LogP contribution in [0.15, 0.2) is 18.3 Å². The summed E-state index contributed by atoms with van der Waals surface area (Å²) in [4.78, 5) is 14.9. The molecule has 1 amide bonds. The lowest BCUT2D eigenvalue weighted by atomic mass is 9.86. The van der Waals surface area contributed by atoms with Crippen LogP contribution in [0.1, 0.15) is 50.5 Å². The first-order valence-corrected chi connectivity index (χ1v) is 7.02. The second-order valence-electron chi connectivity index (χ2n) is 5.37. The molecule has 1 aromatic heterocycles. The van der Waals surface area contributed by atoms with Gasteiger partial charge in [0.2, 0.25) is 0 Å². The van der Waals surface area contributed by atoms with Crippen molar-refractivity contribution < 1.29 is 9.78 Å². The van der Waals surface area contributed by atoms with E-state index in [4.69, 9.17) is 0 Å². The van der Waals surface area contributed by atoms with E-state index < -0.39 is 0 Å². The van der Waals surface area contributed by atoms with Crippen molar-refractivity contribution >= 4 is 11.7 Å². The predicted octanol–water partition coefficient (Wildman–Crippen LogP) is 3.11. The van der Waals surface area contributed by atoms with E-state index in [1.807, 2.05) is 25.3 Å². The van der Waals surface area contributed by atoms with Gasteiger partial charge in [0.1, 0.15) is 0 Å². The van der Waals surface area contributed by atoms with Gasteiger partial charge in [0.05, 0.1) is 6.20 Å². The molecule has 0 radical (unpaired) electrons. The van der Waals surface area contributed by atoms with Crippen LogP contribution < -0.4 is 10.3 Å². The van der Waals surface area contributed by atoms with E-state index in [9.17, 15) is 4.79 Å². The summed E-state index contributed by atoms with van der Waals surface area (Å²) in [7, 11) is 0. The maximum Gasteiger partial charge on any atom is 0.307 e. The number of carbonyl (C=O) groups is 1. The van der Waals surface area contributed by atoms with Crippen LogP contribution in [0, 0.1) is 12.8 Å². The highest BCUT2D eigenvalue weighted by atomic mass is 16.1. The molecule has 1 fully saturated rings. The molecule has 1 saturated carbocycles. The number of anilines is 1. The number of hydrogen-bond acceptors (Lipinski definition) is 1. The van der Waals surface area contributed by atoms with Gasteiger partial charge < -0.3 is 0 Å². The Hall–Kier alpha value is -1.38. The number of pyridine rings is 1. The molecule has 0 aromatic carbocycles. The lowest BCUT2D eigenvalue weighted by Crippen LogP contribution is -2.20. The molecule has 0 atom stereocenters. The Morgan fingerprint density at radius 3 is 2.89 bits per heavy atom. The van der Waals surface area contributed by atoms with Crippen LogP contribution in [0.25, 0.3) is 0 Å². The third kappa shape index (κ3) is 4.13. The van der Waals surface area contributed by atoms with Gasteiger partial charge in [0.15, 0.2) is 0 Å². The first kappa shape index (κ1) is 13.1. The largest absolute Gasteiger partial charge is 0.307 e. The van der Waals surface area contributed by atoms with E-state index in [1.165, 1.54) is 32.1 Å². The molecule has 3 heteroatoms. The van der Waals surface area contributed by atoms with Crippen LogP contribution in [-0.4, -0.2) is 5.91 Å². The van der Waals surface area contributed by atoms with Crippen molar-refractivity contribution in [3.05, 3.63) is 23.9 Å². The van der Waals surface area contributed by atoms with Gasteiger partial charge in [-0.05, 0) is 30.9 Å². The molecule has 0 bridgehead atoms. The zero-order valence-electron chi connectivity index (χ0n) is 11.2. The van der Waals surface area contributed by atoms with Crippen LogP contribution in [0.2, 0.25) is 0 Å². The van der Waals surface area contributed by atoms with E-state index in [-0.39, 0.29) is 5.91 Å². The molecule has 0 unspecified atom stereocenters. The minimum atomic E-state index is 0.127. The average Bonchev–Trinajstić information content (AvgIpc) is 2.38. The Morgan fingerprint density at radius 1 is 1.39 bits per heavy atom. The number of aromatic amines is 1. The summed E-state index contributed by atoms with van der Waals surface area (Å²) >= 11 is 0. The normalized spacial score (nSPS) is 16.5. The van der Waals surface area contributed by atoms with Crippen molar-refractivity contribution in [3.63, 3.8) is 0 Å². The third-order valence-electron chi connectivity index (χ3n) is 3.74. The number of aromatic nitrogens is 1. The maximum absolute atomic E-state index is 11.8. The van der Waals surface area contributed by atoms with Gasteiger partial charge >= 0.3 is 5.91 Å². The zero-order chi connectivity index (χ0) is 12.8. The van der Waals surface area contributed by atoms with E-state index in [2.05, 4.69) is 10.3 Å². The molecule has 0 saturated heterocycles. The number of aryl methyl sites for hydroxylation is 1. The summed E-state index contributed by atoms with van der Waals surface area (Å²) in [6.07, 6.45) is 10.2. The molecule has 2 N–H and O–H groups in total. The van der Waals surface area contributed by atoms with E-state index in [0.717, 1.165) is 23.7 Å². The highest BCUT2D eigenvalue weighted by Gasteiger charge is 2.16. The van der Waals surface area contributed by atoms with E-state index in [1.54, 1.807) is 0 Å². The van der Waals surface area contributed by atoms with Crippen LogP contribution in [-0.2, 0) is 4.79 Å². The first-order chi connectivity index (χ1) is 8.74. The Kier molecular flexibility index (Phi) is 4.73. The van der Waals surface area contributed by atoms with E-state index in [0.29, 0.717) is 6.42 Å². The molecule has 2 rings (SSSR count). The fraction of sp³-hybridized carbons (Fsp3) is 0.600. The lowest BCUT2D eigenvalue weighted by Gasteiger charge is -2.20. The molecule has 98 valence electrons. The molecule has 0 spiro atoms. The number of amides is 1. The Morgan fingerprint density at radius 2 is 2.17 bits per heavy atom. The Labute approximate surface area is 109 Å². The van der Waals surface area contributed by atoms with Crippen molar-refractivity contribution in [2.45, 2.75) is 51.9 Å². The fourth-order valence-corrected chi connectivity index (χ4v) is 2.68. The molecular weight excluding hydrogens is 224 g/mol. The quantitative estimate of drug-likeness (QED) is 0.873.